The molecule has 2 rings (SSSR count). The van der Waals surface area contributed by atoms with Crippen molar-refractivity contribution in [2.45, 2.75) is 46.5 Å². The van der Waals surface area contributed by atoms with E-state index in [1.54, 1.807) is 24.7 Å². The average Bonchev–Trinajstić information content (AvgIpc) is 2.86. The largest absolute Gasteiger partial charge is 0.329 e. The van der Waals surface area contributed by atoms with Gasteiger partial charge in [0.25, 0.3) is 5.56 Å². The number of rotatable bonds is 7. The maximum absolute atomic E-state index is 12.0. The minimum atomic E-state index is -0.464. The zero-order chi connectivity index (χ0) is 18.7. The highest BCUT2D eigenvalue weighted by molar-refractivity contribution is 5.91. The fourth-order valence-corrected chi connectivity index (χ4v) is 2.88. The molecule has 1 atom stereocenters. The molecule has 0 spiro atoms. The lowest BCUT2D eigenvalue weighted by Crippen LogP contribution is -2.29. The van der Waals surface area contributed by atoms with E-state index in [0.717, 1.165) is 30.7 Å². The van der Waals surface area contributed by atoms with Gasteiger partial charge >= 0.3 is 5.69 Å². The van der Waals surface area contributed by atoms with Crippen LogP contribution in [-0.2, 0) is 25.3 Å². The summed E-state index contributed by atoms with van der Waals surface area (Å²) in [5.41, 5.74) is 0.948. The predicted octanol–water partition coefficient (Wildman–Crippen LogP) is 1.84. The lowest BCUT2D eigenvalue weighted by atomic mass is 9.97. The van der Waals surface area contributed by atoms with Crippen LogP contribution in [0, 0.1) is 5.92 Å². The fourth-order valence-electron chi connectivity index (χ4n) is 2.88. The molecule has 0 bridgehead atoms. The first-order valence-corrected chi connectivity index (χ1v) is 8.55. The Morgan fingerprint density at radius 3 is 2.52 bits per heavy atom. The minimum Gasteiger partial charge on any atom is -0.325 e. The number of carbonyl (C=O) groups excluding carboxylic acids is 1. The molecule has 25 heavy (non-hydrogen) atoms. The van der Waals surface area contributed by atoms with E-state index in [2.05, 4.69) is 9.97 Å². The van der Waals surface area contributed by atoms with Crippen molar-refractivity contribution in [3.05, 3.63) is 38.3 Å². The highest BCUT2D eigenvalue weighted by atomic mass is 16.2. The first-order chi connectivity index (χ1) is 11.7. The summed E-state index contributed by atoms with van der Waals surface area (Å²) in [6.45, 7) is 5.79. The molecule has 7 heteroatoms. The van der Waals surface area contributed by atoms with Gasteiger partial charge in [0.2, 0.25) is 0 Å². The summed E-state index contributed by atoms with van der Waals surface area (Å²) < 4.78 is 3.09. The van der Waals surface area contributed by atoms with Crippen LogP contribution >= 0.6 is 0 Å². The number of hydrogen-bond donors (Lipinski definition) is 1. The third kappa shape index (κ3) is 4.15. The van der Waals surface area contributed by atoms with Crippen LogP contribution in [0.4, 0.5) is 0 Å². The molecule has 1 N–H and O–H groups in total. The number of allylic oxidation sites excluding steroid dienone is 2. The molecule has 7 nitrogen and oxygen atoms in total. The van der Waals surface area contributed by atoms with Gasteiger partial charge in [0, 0.05) is 26.4 Å². The van der Waals surface area contributed by atoms with Crippen molar-refractivity contribution in [1.29, 1.82) is 0 Å². The Morgan fingerprint density at radius 2 is 1.88 bits per heavy atom. The number of imidazole rings is 1. The number of fused-ring (bicyclic) bond motifs is 1. The monoisotopic (exact) mass is 346 g/mol. The third-order valence-electron chi connectivity index (χ3n) is 4.43. The Morgan fingerprint density at radius 1 is 1.20 bits per heavy atom. The highest BCUT2D eigenvalue weighted by Crippen LogP contribution is 2.15. The maximum Gasteiger partial charge on any atom is 0.329 e. The molecule has 2 aromatic heterocycles. The fraction of sp³-hybridized carbons (Fsp3) is 0.556. The van der Waals surface area contributed by atoms with Crippen molar-refractivity contribution < 1.29 is 4.79 Å². The highest BCUT2D eigenvalue weighted by Gasteiger charge is 2.15. The second kappa shape index (κ2) is 7.63. The normalized spacial score (nSPS) is 12.4. The van der Waals surface area contributed by atoms with Gasteiger partial charge < -0.3 is 4.57 Å². The number of nitrogens with zero attached hydrogens (tertiary/aromatic N) is 3. The van der Waals surface area contributed by atoms with Crippen LogP contribution in [-0.4, -0.2) is 24.9 Å². The summed E-state index contributed by atoms with van der Waals surface area (Å²) in [4.78, 5) is 42.3. The van der Waals surface area contributed by atoms with Crippen molar-refractivity contribution in [3.8, 4) is 0 Å². The van der Waals surface area contributed by atoms with Crippen LogP contribution in [0.1, 0.15) is 45.9 Å². The third-order valence-corrected chi connectivity index (χ3v) is 4.43. The zero-order valence-corrected chi connectivity index (χ0v) is 15.5. The molecule has 0 aromatic carbocycles. The van der Waals surface area contributed by atoms with Crippen molar-refractivity contribution in [3.63, 3.8) is 0 Å². The van der Waals surface area contributed by atoms with E-state index in [1.165, 1.54) is 4.57 Å². The van der Waals surface area contributed by atoms with Crippen LogP contribution in [0.5, 0.6) is 0 Å². The van der Waals surface area contributed by atoms with Crippen LogP contribution in [0.3, 0.4) is 0 Å². The van der Waals surface area contributed by atoms with Gasteiger partial charge in [0.05, 0.1) is 0 Å². The van der Waals surface area contributed by atoms with E-state index < -0.39 is 11.2 Å². The summed E-state index contributed by atoms with van der Waals surface area (Å²) in [5, 5.41) is 0. The Kier molecular flexibility index (Phi) is 5.77. The summed E-state index contributed by atoms with van der Waals surface area (Å²) in [6, 6.07) is 0. The number of nitrogens with one attached hydrogen (secondary N) is 1. The maximum atomic E-state index is 12.0. The van der Waals surface area contributed by atoms with Gasteiger partial charge in [-0.15, -0.1) is 0 Å². The number of unbranched alkanes of at least 4 members (excludes halogenated alkanes) is 1. The number of aryl methyl sites for hydroxylation is 3. The summed E-state index contributed by atoms with van der Waals surface area (Å²) in [7, 11) is 3.37. The van der Waals surface area contributed by atoms with Gasteiger partial charge in [-0.25, -0.2) is 9.78 Å². The smallest absolute Gasteiger partial charge is 0.325 e. The number of ketones is 1. The lowest BCUT2D eigenvalue weighted by Gasteiger charge is -2.08. The number of hydrogen-bond acceptors (Lipinski definition) is 4. The van der Waals surface area contributed by atoms with Crippen LogP contribution in [0.25, 0.3) is 11.2 Å². The molecule has 0 amide bonds. The van der Waals surface area contributed by atoms with Crippen molar-refractivity contribution in [1.82, 2.24) is 19.1 Å². The van der Waals surface area contributed by atoms with Gasteiger partial charge in [-0.2, -0.15) is 0 Å². The molecule has 0 aliphatic rings. The van der Waals surface area contributed by atoms with Gasteiger partial charge in [-0.3, -0.25) is 19.1 Å². The second-order valence-corrected chi connectivity index (χ2v) is 6.85. The number of aromatic amines is 1. The van der Waals surface area contributed by atoms with Gasteiger partial charge in [-0.05, 0) is 32.8 Å². The van der Waals surface area contributed by atoms with E-state index in [1.807, 2.05) is 20.8 Å². The van der Waals surface area contributed by atoms with Crippen molar-refractivity contribution in [2.75, 3.05) is 0 Å². The van der Waals surface area contributed by atoms with Crippen molar-refractivity contribution >= 4 is 16.9 Å². The molecule has 0 aliphatic heterocycles. The SMILES string of the molecule is CC(C)=CC(=O)C(C)CCCCc1nc2c(c(=O)[nH]c(=O)n2C)n1C. The quantitative estimate of drug-likeness (QED) is 0.612. The van der Waals surface area contributed by atoms with E-state index >= 15 is 0 Å². The Hall–Kier alpha value is -2.44. The Labute approximate surface area is 146 Å². The molecule has 0 fully saturated rings. The molecule has 2 heterocycles. The van der Waals surface area contributed by atoms with Gasteiger partial charge in [-0.1, -0.05) is 18.9 Å². The van der Waals surface area contributed by atoms with E-state index in [4.69, 9.17) is 0 Å². The van der Waals surface area contributed by atoms with E-state index in [0.29, 0.717) is 17.6 Å². The molecule has 0 saturated carbocycles. The molecular weight excluding hydrogens is 320 g/mol. The molecular formula is C18H26N4O3. The zero-order valence-electron chi connectivity index (χ0n) is 15.5. The Balaban J connectivity index is 2.04. The first kappa shape index (κ1) is 18.9. The molecule has 0 radical (unpaired) electrons. The standard InChI is InChI=1S/C18H26N4O3/c1-11(2)10-13(23)12(3)8-6-7-9-14-19-16-15(21(14)4)17(24)20-18(25)22(16)5/h10,12H,6-9H2,1-5H3,(H,20,24,25). The average molecular weight is 346 g/mol. The lowest BCUT2D eigenvalue weighted by molar-refractivity contribution is -0.118. The Bertz CT molecular complexity index is 926. The van der Waals surface area contributed by atoms with E-state index in [-0.39, 0.29) is 11.7 Å². The van der Waals surface area contributed by atoms with Crippen LogP contribution in [0.2, 0.25) is 0 Å². The van der Waals surface area contributed by atoms with Gasteiger partial charge in [0.1, 0.15) is 5.82 Å². The molecule has 1 unspecified atom stereocenters. The second-order valence-electron chi connectivity index (χ2n) is 6.85. The summed E-state index contributed by atoms with van der Waals surface area (Å²) in [6.07, 6.45) is 4.99. The van der Waals surface area contributed by atoms with Crippen LogP contribution in [0.15, 0.2) is 21.2 Å². The summed E-state index contributed by atoms with van der Waals surface area (Å²) >= 11 is 0. The minimum absolute atomic E-state index is 0.0130. The molecule has 136 valence electrons. The number of aromatic nitrogens is 4. The molecule has 2 aromatic rings. The van der Waals surface area contributed by atoms with Crippen LogP contribution < -0.4 is 11.2 Å². The first-order valence-electron chi connectivity index (χ1n) is 8.55. The van der Waals surface area contributed by atoms with Gasteiger partial charge in [0.15, 0.2) is 16.9 Å². The summed E-state index contributed by atoms with van der Waals surface area (Å²) in [5.74, 6) is 0.952. The molecule has 0 aliphatic carbocycles. The predicted molar refractivity (Wildman–Crippen MR) is 97.7 cm³/mol. The van der Waals surface area contributed by atoms with Crippen molar-refractivity contribution in [2.24, 2.45) is 20.0 Å². The molecule has 0 saturated heterocycles. The van der Waals surface area contributed by atoms with E-state index in [9.17, 15) is 14.4 Å². The number of carbonyl (C=O) groups is 1. The number of H-pyrrole nitrogens is 1. The topological polar surface area (TPSA) is 89.8 Å².